The molecule has 4 atom stereocenters. The van der Waals surface area contributed by atoms with Gasteiger partial charge in [-0.05, 0) is 32.0 Å². The van der Waals surface area contributed by atoms with Crippen LogP contribution in [0.1, 0.15) is 25.6 Å². The number of halogens is 3. The van der Waals surface area contributed by atoms with Crippen LogP contribution in [0.4, 0.5) is 13.2 Å². The van der Waals surface area contributed by atoms with Gasteiger partial charge in [-0.1, -0.05) is 0 Å². The molecule has 0 amide bonds. The predicted molar refractivity (Wildman–Crippen MR) is 101 cm³/mol. The van der Waals surface area contributed by atoms with E-state index in [4.69, 9.17) is 14.2 Å². The average Bonchev–Trinajstić information content (AvgIpc) is 3.37. The molecule has 5 rings (SSSR count). The number of aliphatic hydroxyl groups excluding tert-OH is 1. The Hall–Kier alpha value is -2.60. The lowest BCUT2D eigenvalue weighted by Gasteiger charge is -2.24. The Morgan fingerprint density at radius 3 is 2.55 bits per heavy atom. The molecule has 3 aromatic rings. The molecule has 0 aliphatic carbocycles. The topological polar surface area (TPSA) is 91.5 Å². The zero-order chi connectivity index (χ0) is 22.0. The van der Waals surface area contributed by atoms with Crippen LogP contribution in [0.5, 0.6) is 0 Å². The van der Waals surface area contributed by atoms with Gasteiger partial charge in [0.2, 0.25) is 0 Å². The third kappa shape index (κ3) is 3.37. The van der Waals surface area contributed by atoms with Gasteiger partial charge in [-0.3, -0.25) is 4.98 Å². The minimum absolute atomic E-state index is 0.00252. The quantitative estimate of drug-likeness (QED) is 0.675. The molecule has 3 aromatic heterocycles. The van der Waals surface area contributed by atoms with Crippen molar-refractivity contribution in [1.29, 1.82) is 0 Å². The molecule has 2 aliphatic rings. The number of ether oxygens (including phenoxy) is 3. The van der Waals surface area contributed by atoms with E-state index in [9.17, 15) is 18.3 Å². The molecule has 5 heterocycles. The fourth-order valence-corrected chi connectivity index (χ4v) is 4.11. The summed E-state index contributed by atoms with van der Waals surface area (Å²) in [6.07, 6.45) is -3.41. The number of rotatable bonds is 3. The highest BCUT2D eigenvalue weighted by Gasteiger charge is 2.56. The first-order valence-electron chi connectivity index (χ1n) is 9.66. The number of hydrogen-bond acceptors (Lipinski definition) is 7. The van der Waals surface area contributed by atoms with Crippen molar-refractivity contribution in [2.75, 3.05) is 6.61 Å². The largest absolute Gasteiger partial charge is 0.417 e. The number of aromatic nitrogens is 4. The molecular formula is C20H19F3N4O4. The second-order valence-electron chi connectivity index (χ2n) is 7.93. The molecular weight excluding hydrogens is 417 g/mol. The van der Waals surface area contributed by atoms with Gasteiger partial charge in [0.1, 0.15) is 18.3 Å². The van der Waals surface area contributed by atoms with Crippen molar-refractivity contribution in [1.82, 2.24) is 19.7 Å². The second-order valence-corrected chi connectivity index (χ2v) is 7.93. The summed E-state index contributed by atoms with van der Waals surface area (Å²) in [4.78, 5) is 8.36. The van der Waals surface area contributed by atoms with Gasteiger partial charge in [0.15, 0.2) is 17.7 Å². The smallest absolute Gasteiger partial charge is 0.394 e. The van der Waals surface area contributed by atoms with Crippen LogP contribution in [0.2, 0.25) is 0 Å². The van der Waals surface area contributed by atoms with Gasteiger partial charge in [0.05, 0.1) is 29.4 Å². The standard InChI is InChI=1S/C20H19F3N4O4/c1-19(2)30-15-14(9-28)29-18(16(15)31-19)27-17-11(8-25-27)12(20(21,22)23)7-13(26-17)10-3-5-24-6-4-10/h3-8,14-16,18,28H,9H2,1-2H3/t14-,15-,16-,18-/m1/s1. The summed E-state index contributed by atoms with van der Waals surface area (Å²) >= 11 is 0. The van der Waals surface area contributed by atoms with Crippen molar-refractivity contribution in [2.45, 2.75) is 50.4 Å². The van der Waals surface area contributed by atoms with Crippen molar-refractivity contribution in [3.05, 3.63) is 42.4 Å². The van der Waals surface area contributed by atoms with Crippen LogP contribution in [0, 0.1) is 0 Å². The Morgan fingerprint density at radius 2 is 1.87 bits per heavy atom. The number of hydrogen-bond donors (Lipinski definition) is 1. The van der Waals surface area contributed by atoms with E-state index in [2.05, 4.69) is 15.1 Å². The molecule has 0 spiro atoms. The Labute approximate surface area is 174 Å². The summed E-state index contributed by atoms with van der Waals surface area (Å²) in [5.41, 5.74) is -0.249. The van der Waals surface area contributed by atoms with E-state index in [1.807, 2.05) is 0 Å². The van der Waals surface area contributed by atoms with Gasteiger partial charge in [0, 0.05) is 18.0 Å². The molecule has 1 N–H and O–H groups in total. The van der Waals surface area contributed by atoms with E-state index in [-0.39, 0.29) is 23.3 Å². The van der Waals surface area contributed by atoms with E-state index in [1.165, 1.54) is 17.1 Å². The third-order valence-corrected chi connectivity index (χ3v) is 5.39. The predicted octanol–water partition coefficient (Wildman–Crippen LogP) is 2.92. The summed E-state index contributed by atoms with van der Waals surface area (Å²) in [6.45, 7) is 3.11. The first kappa shape index (κ1) is 20.3. The molecule has 31 heavy (non-hydrogen) atoms. The fourth-order valence-electron chi connectivity index (χ4n) is 4.11. The number of alkyl halides is 3. The lowest BCUT2D eigenvalue weighted by atomic mass is 10.1. The molecule has 2 fully saturated rings. The van der Waals surface area contributed by atoms with Gasteiger partial charge in [-0.15, -0.1) is 0 Å². The van der Waals surface area contributed by atoms with Crippen LogP contribution in [-0.4, -0.2) is 55.6 Å². The summed E-state index contributed by atoms with van der Waals surface area (Å²) < 4.78 is 60.4. The number of pyridine rings is 2. The zero-order valence-electron chi connectivity index (χ0n) is 16.6. The molecule has 0 saturated carbocycles. The van der Waals surface area contributed by atoms with Crippen molar-refractivity contribution < 1.29 is 32.5 Å². The molecule has 2 saturated heterocycles. The highest BCUT2D eigenvalue weighted by atomic mass is 19.4. The Kier molecular flexibility index (Phi) is 4.56. The normalized spacial score (nSPS) is 27.7. The second kappa shape index (κ2) is 6.95. The van der Waals surface area contributed by atoms with Gasteiger partial charge in [-0.2, -0.15) is 18.3 Å². The Bertz CT molecular complexity index is 1120. The minimum atomic E-state index is -4.61. The van der Waals surface area contributed by atoms with Crippen molar-refractivity contribution >= 4 is 11.0 Å². The van der Waals surface area contributed by atoms with Crippen molar-refractivity contribution in [3.8, 4) is 11.3 Å². The van der Waals surface area contributed by atoms with Gasteiger partial charge in [0.25, 0.3) is 0 Å². The molecule has 164 valence electrons. The van der Waals surface area contributed by atoms with Crippen LogP contribution in [0.3, 0.4) is 0 Å². The van der Waals surface area contributed by atoms with Gasteiger partial charge in [-0.25, -0.2) is 9.67 Å². The highest BCUT2D eigenvalue weighted by molar-refractivity contribution is 5.83. The maximum atomic E-state index is 13.8. The van der Waals surface area contributed by atoms with Crippen LogP contribution in [-0.2, 0) is 20.4 Å². The van der Waals surface area contributed by atoms with E-state index < -0.39 is 42.1 Å². The maximum Gasteiger partial charge on any atom is 0.417 e. The Balaban J connectivity index is 1.67. The lowest BCUT2D eigenvalue weighted by molar-refractivity contribution is -0.201. The Morgan fingerprint density at radius 1 is 1.16 bits per heavy atom. The van der Waals surface area contributed by atoms with Gasteiger partial charge < -0.3 is 19.3 Å². The van der Waals surface area contributed by atoms with Crippen LogP contribution < -0.4 is 0 Å². The molecule has 11 heteroatoms. The van der Waals surface area contributed by atoms with Crippen molar-refractivity contribution in [3.63, 3.8) is 0 Å². The molecule has 0 unspecified atom stereocenters. The van der Waals surface area contributed by atoms with E-state index in [1.54, 1.807) is 26.0 Å². The van der Waals surface area contributed by atoms with E-state index in [0.29, 0.717) is 5.56 Å². The molecule has 0 aromatic carbocycles. The minimum Gasteiger partial charge on any atom is -0.394 e. The molecule has 8 nitrogen and oxygen atoms in total. The van der Waals surface area contributed by atoms with Crippen LogP contribution in [0.15, 0.2) is 36.8 Å². The molecule has 2 aliphatic heterocycles. The summed E-state index contributed by atoms with van der Waals surface area (Å²) in [6, 6.07) is 4.15. The van der Waals surface area contributed by atoms with Gasteiger partial charge >= 0.3 is 6.18 Å². The zero-order valence-corrected chi connectivity index (χ0v) is 16.6. The summed E-state index contributed by atoms with van der Waals surface area (Å²) in [7, 11) is 0. The molecule has 0 radical (unpaired) electrons. The van der Waals surface area contributed by atoms with E-state index in [0.717, 1.165) is 12.3 Å². The SMILES string of the molecule is CC1(C)O[C@@H]2[C@H](O1)[C@@H](CO)O[C@H]2n1ncc2c(C(F)(F)F)cc(-c3ccncc3)nc21. The first-order chi connectivity index (χ1) is 14.7. The third-order valence-electron chi connectivity index (χ3n) is 5.39. The number of aliphatic hydroxyl groups is 1. The van der Waals surface area contributed by atoms with E-state index >= 15 is 0 Å². The van der Waals surface area contributed by atoms with Crippen LogP contribution in [0.25, 0.3) is 22.3 Å². The summed E-state index contributed by atoms with van der Waals surface area (Å²) in [5.74, 6) is -0.930. The fraction of sp³-hybridized carbons (Fsp3) is 0.450. The maximum absolute atomic E-state index is 13.8. The average molecular weight is 436 g/mol. The monoisotopic (exact) mass is 436 g/mol. The summed E-state index contributed by atoms with van der Waals surface area (Å²) in [5, 5.41) is 13.7. The lowest BCUT2D eigenvalue weighted by Crippen LogP contribution is -2.31. The number of nitrogens with zero attached hydrogens (tertiary/aromatic N) is 4. The van der Waals surface area contributed by atoms with Crippen molar-refractivity contribution in [2.24, 2.45) is 0 Å². The highest BCUT2D eigenvalue weighted by Crippen LogP contribution is 2.44. The van der Waals surface area contributed by atoms with Crippen LogP contribution >= 0.6 is 0 Å². The molecule has 0 bridgehead atoms. The first-order valence-corrected chi connectivity index (χ1v) is 9.66. The number of fused-ring (bicyclic) bond motifs is 2.